The minimum Gasteiger partial charge on any atom is -0.345 e. The second-order valence-corrected chi connectivity index (χ2v) is 9.10. The van der Waals surface area contributed by atoms with Gasteiger partial charge in [-0.3, -0.25) is 4.79 Å². The van der Waals surface area contributed by atoms with Gasteiger partial charge in [0.15, 0.2) is 0 Å². The van der Waals surface area contributed by atoms with Gasteiger partial charge < -0.3 is 9.47 Å². The fourth-order valence-electron chi connectivity index (χ4n) is 3.73. The van der Waals surface area contributed by atoms with Crippen molar-refractivity contribution in [1.29, 1.82) is 0 Å². The van der Waals surface area contributed by atoms with Gasteiger partial charge in [-0.15, -0.1) is 0 Å². The number of nitrogens with zero attached hydrogens (tertiary/aromatic N) is 2. The first-order valence-corrected chi connectivity index (χ1v) is 10.5. The predicted octanol–water partition coefficient (Wildman–Crippen LogP) is 5.64. The van der Waals surface area contributed by atoms with Crippen molar-refractivity contribution in [3.05, 3.63) is 95.3 Å². The highest BCUT2D eigenvalue weighted by molar-refractivity contribution is 5.94. The van der Waals surface area contributed by atoms with Crippen LogP contribution in [-0.4, -0.2) is 21.4 Å². The topological polar surface area (TPSA) is 25.2 Å². The van der Waals surface area contributed by atoms with Crippen LogP contribution in [0, 0.1) is 0 Å². The molecule has 3 heteroatoms. The fourth-order valence-corrected chi connectivity index (χ4v) is 3.73. The van der Waals surface area contributed by atoms with Gasteiger partial charge in [-0.25, -0.2) is 0 Å². The molecule has 1 amide bonds. The van der Waals surface area contributed by atoms with E-state index in [0.29, 0.717) is 12.6 Å². The standard InChI is InChI=1S/C26H30N2O/c1-26(2,3)22-13-11-21(12-14-22)25(29)28(23-15-16-23)19-24-10-7-17-27(24)18-20-8-5-4-6-9-20/h4-14,17,23H,15-16,18-19H2,1-3H3. The van der Waals surface area contributed by atoms with E-state index in [1.165, 1.54) is 16.8 Å². The SMILES string of the molecule is CC(C)(C)c1ccc(C(=O)N(Cc2cccn2Cc2ccccc2)C2CC2)cc1. The predicted molar refractivity (Wildman–Crippen MR) is 118 cm³/mol. The number of hydrogen-bond acceptors (Lipinski definition) is 1. The van der Waals surface area contributed by atoms with Gasteiger partial charge in [-0.2, -0.15) is 0 Å². The number of carbonyl (C=O) groups is 1. The number of carbonyl (C=O) groups excluding carboxylic acids is 1. The van der Waals surface area contributed by atoms with E-state index < -0.39 is 0 Å². The van der Waals surface area contributed by atoms with Crippen LogP contribution >= 0.6 is 0 Å². The molecular formula is C26H30N2O. The van der Waals surface area contributed by atoms with Crippen molar-refractivity contribution < 1.29 is 4.79 Å². The van der Waals surface area contributed by atoms with Gasteiger partial charge in [0.05, 0.1) is 6.54 Å². The van der Waals surface area contributed by atoms with Gasteiger partial charge in [0.25, 0.3) is 5.91 Å². The molecule has 0 radical (unpaired) electrons. The van der Waals surface area contributed by atoms with E-state index >= 15 is 0 Å². The molecule has 1 aliphatic carbocycles. The van der Waals surface area contributed by atoms with Crippen molar-refractivity contribution in [3.63, 3.8) is 0 Å². The Hall–Kier alpha value is -2.81. The van der Waals surface area contributed by atoms with Crippen LogP contribution in [0.15, 0.2) is 72.9 Å². The molecular weight excluding hydrogens is 356 g/mol. The Morgan fingerprint density at radius 3 is 2.28 bits per heavy atom. The molecule has 0 spiro atoms. The average molecular weight is 387 g/mol. The third-order valence-electron chi connectivity index (χ3n) is 5.70. The molecule has 150 valence electrons. The van der Waals surface area contributed by atoms with Gasteiger partial charge in [-0.05, 0) is 53.6 Å². The lowest BCUT2D eigenvalue weighted by molar-refractivity contribution is 0.0726. The van der Waals surface area contributed by atoms with Gasteiger partial charge in [0.1, 0.15) is 0 Å². The smallest absolute Gasteiger partial charge is 0.254 e. The van der Waals surface area contributed by atoms with Crippen molar-refractivity contribution in [3.8, 4) is 0 Å². The molecule has 0 saturated heterocycles. The highest BCUT2D eigenvalue weighted by atomic mass is 16.2. The van der Waals surface area contributed by atoms with E-state index in [9.17, 15) is 4.79 Å². The Bertz CT molecular complexity index is 960. The zero-order valence-corrected chi connectivity index (χ0v) is 17.6. The number of benzene rings is 2. The normalized spacial score (nSPS) is 14.0. The molecule has 4 rings (SSSR count). The summed E-state index contributed by atoms with van der Waals surface area (Å²) in [6, 6.07) is 23.2. The second kappa shape index (κ2) is 7.90. The summed E-state index contributed by atoms with van der Waals surface area (Å²) in [5.74, 6) is 0.139. The van der Waals surface area contributed by atoms with Crippen LogP contribution in [0.5, 0.6) is 0 Å². The molecule has 3 nitrogen and oxygen atoms in total. The zero-order valence-electron chi connectivity index (χ0n) is 17.6. The van der Waals surface area contributed by atoms with Crippen LogP contribution in [0.3, 0.4) is 0 Å². The maximum absolute atomic E-state index is 13.3. The largest absolute Gasteiger partial charge is 0.345 e. The number of amides is 1. The summed E-state index contributed by atoms with van der Waals surface area (Å²) in [4.78, 5) is 15.4. The minimum atomic E-state index is 0.0933. The Morgan fingerprint density at radius 2 is 1.66 bits per heavy atom. The van der Waals surface area contributed by atoms with Crippen LogP contribution in [0.1, 0.15) is 60.8 Å². The molecule has 0 unspecified atom stereocenters. The summed E-state index contributed by atoms with van der Waals surface area (Å²) >= 11 is 0. The molecule has 1 heterocycles. The Morgan fingerprint density at radius 1 is 0.966 bits per heavy atom. The molecule has 1 saturated carbocycles. The summed E-state index contributed by atoms with van der Waals surface area (Å²) in [7, 11) is 0. The molecule has 0 N–H and O–H groups in total. The first kappa shape index (κ1) is 19.5. The van der Waals surface area contributed by atoms with Crippen LogP contribution < -0.4 is 0 Å². The lowest BCUT2D eigenvalue weighted by Gasteiger charge is -2.24. The highest BCUT2D eigenvalue weighted by Gasteiger charge is 2.33. The lowest BCUT2D eigenvalue weighted by atomic mass is 9.86. The summed E-state index contributed by atoms with van der Waals surface area (Å²) < 4.78 is 2.25. The number of hydrogen-bond donors (Lipinski definition) is 0. The Balaban J connectivity index is 1.52. The van der Waals surface area contributed by atoms with Crippen molar-refractivity contribution in [2.75, 3.05) is 0 Å². The molecule has 0 aliphatic heterocycles. The zero-order chi connectivity index (χ0) is 20.4. The molecule has 1 aliphatic rings. The minimum absolute atomic E-state index is 0.0933. The first-order chi connectivity index (χ1) is 13.9. The van der Waals surface area contributed by atoms with Crippen LogP contribution in [0.25, 0.3) is 0 Å². The third-order valence-corrected chi connectivity index (χ3v) is 5.70. The monoisotopic (exact) mass is 386 g/mol. The summed E-state index contributed by atoms with van der Waals surface area (Å²) in [5, 5.41) is 0. The van der Waals surface area contributed by atoms with E-state index in [4.69, 9.17) is 0 Å². The molecule has 2 aromatic carbocycles. The van der Waals surface area contributed by atoms with Crippen molar-refractivity contribution >= 4 is 5.91 Å². The molecule has 29 heavy (non-hydrogen) atoms. The lowest BCUT2D eigenvalue weighted by Crippen LogP contribution is -2.33. The van der Waals surface area contributed by atoms with Crippen LogP contribution in [-0.2, 0) is 18.5 Å². The van der Waals surface area contributed by atoms with Crippen molar-refractivity contribution in [1.82, 2.24) is 9.47 Å². The van der Waals surface area contributed by atoms with Crippen LogP contribution in [0.2, 0.25) is 0 Å². The van der Waals surface area contributed by atoms with Gasteiger partial charge >= 0.3 is 0 Å². The second-order valence-electron chi connectivity index (χ2n) is 9.10. The van der Waals surface area contributed by atoms with Crippen molar-refractivity contribution in [2.45, 2.75) is 58.2 Å². The summed E-state index contributed by atoms with van der Waals surface area (Å²) in [6.07, 6.45) is 4.31. The van der Waals surface area contributed by atoms with Gasteiger partial charge in [0.2, 0.25) is 0 Å². The first-order valence-electron chi connectivity index (χ1n) is 10.5. The summed E-state index contributed by atoms with van der Waals surface area (Å²) in [5.41, 5.74) is 4.58. The Labute approximate surface area is 174 Å². The van der Waals surface area contributed by atoms with Crippen molar-refractivity contribution in [2.24, 2.45) is 0 Å². The average Bonchev–Trinajstić information content (AvgIpc) is 3.46. The van der Waals surface area contributed by atoms with E-state index in [-0.39, 0.29) is 11.3 Å². The van der Waals surface area contributed by atoms with E-state index in [0.717, 1.165) is 24.9 Å². The third kappa shape index (κ3) is 4.61. The van der Waals surface area contributed by atoms with Gasteiger partial charge in [-0.1, -0.05) is 63.2 Å². The maximum Gasteiger partial charge on any atom is 0.254 e. The van der Waals surface area contributed by atoms with Crippen LogP contribution in [0.4, 0.5) is 0 Å². The molecule has 1 fully saturated rings. The Kier molecular flexibility index (Phi) is 5.31. The van der Waals surface area contributed by atoms with E-state index in [1.807, 2.05) is 18.2 Å². The molecule has 1 aromatic heterocycles. The number of rotatable bonds is 6. The number of aromatic nitrogens is 1. The molecule has 0 bridgehead atoms. The molecule has 0 atom stereocenters. The summed E-state index contributed by atoms with van der Waals surface area (Å²) in [6.45, 7) is 8.07. The highest BCUT2D eigenvalue weighted by Crippen LogP contribution is 2.31. The quantitative estimate of drug-likeness (QED) is 0.538. The van der Waals surface area contributed by atoms with E-state index in [1.54, 1.807) is 0 Å². The van der Waals surface area contributed by atoms with E-state index in [2.05, 4.69) is 85.0 Å². The maximum atomic E-state index is 13.3. The molecule has 3 aromatic rings. The van der Waals surface area contributed by atoms with Gasteiger partial charge in [0, 0.05) is 30.0 Å². The fraction of sp³-hybridized carbons (Fsp3) is 0.346.